The minimum Gasteiger partial charge on any atom is -0.354 e. The molecule has 9 heteroatoms. The van der Waals surface area contributed by atoms with Crippen LogP contribution >= 0.6 is 11.6 Å². The molecule has 2 aromatic carbocycles. The zero-order chi connectivity index (χ0) is 23.6. The quantitative estimate of drug-likeness (QED) is 0.675. The van der Waals surface area contributed by atoms with Crippen molar-refractivity contribution in [3.8, 4) is 0 Å². The van der Waals surface area contributed by atoms with E-state index in [2.05, 4.69) is 5.32 Å². The average molecular weight is 490 g/mol. The highest BCUT2D eigenvalue weighted by molar-refractivity contribution is 7.89. The van der Waals surface area contributed by atoms with Crippen LogP contribution in [0.15, 0.2) is 47.4 Å². The molecule has 2 heterocycles. The van der Waals surface area contributed by atoms with Gasteiger partial charge in [0.2, 0.25) is 21.8 Å². The van der Waals surface area contributed by atoms with Gasteiger partial charge in [0, 0.05) is 43.7 Å². The topological polar surface area (TPSA) is 86.8 Å². The van der Waals surface area contributed by atoms with Crippen LogP contribution in [0.3, 0.4) is 0 Å². The van der Waals surface area contributed by atoms with Crippen LogP contribution in [0, 0.1) is 0 Å². The number of benzene rings is 2. The second kappa shape index (κ2) is 9.83. The van der Waals surface area contributed by atoms with Crippen LogP contribution in [0.25, 0.3) is 0 Å². The van der Waals surface area contributed by atoms with E-state index in [1.807, 2.05) is 12.1 Å². The molecule has 0 unspecified atom stereocenters. The predicted molar refractivity (Wildman–Crippen MR) is 128 cm³/mol. The number of hydrogen-bond donors (Lipinski definition) is 1. The van der Waals surface area contributed by atoms with Crippen molar-refractivity contribution in [3.63, 3.8) is 0 Å². The lowest BCUT2D eigenvalue weighted by atomic mass is 10.1. The number of hydrogen-bond acceptors (Lipinski definition) is 4. The molecule has 0 saturated carbocycles. The van der Waals surface area contributed by atoms with Gasteiger partial charge in [0.05, 0.1) is 4.90 Å². The molecule has 1 N–H and O–H groups in total. The number of nitrogens with one attached hydrogen (secondary N) is 1. The molecule has 0 aliphatic carbocycles. The fraction of sp³-hybridized carbons (Fsp3) is 0.417. The van der Waals surface area contributed by atoms with E-state index < -0.39 is 16.1 Å². The molecule has 176 valence electrons. The number of amides is 2. The highest BCUT2D eigenvalue weighted by atomic mass is 35.5. The maximum absolute atomic E-state index is 13.1. The van der Waals surface area contributed by atoms with E-state index in [-0.39, 0.29) is 23.1 Å². The van der Waals surface area contributed by atoms with E-state index in [1.54, 1.807) is 30.3 Å². The Bertz CT molecular complexity index is 1140. The standard InChI is InChI=1S/C24H28ClN3O4S/c1-17(29)28-22-10-9-21(33(31,32)27-13-3-2-4-14-27)15-19(22)16-23(28)24(30)26-12-11-18-5-7-20(25)8-6-18/h5-10,15,23H,2-4,11-14,16H2,1H3,(H,26,30)/t23-/m1/s1. The number of nitrogens with zero attached hydrogens (tertiary/aromatic N) is 2. The molecule has 33 heavy (non-hydrogen) atoms. The average Bonchev–Trinajstić information content (AvgIpc) is 3.20. The molecule has 0 bridgehead atoms. The Balaban J connectivity index is 1.48. The highest BCUT2D eigenvalue weighted by Gasteiger charge is 2.38. The molecule has 0 spiro atoms. The summed E-state index contributed by atoms with van der Waals surface area (Å²) in [5, 5.41) is 3.57. The summed E-state index contributed by atoms with van der Waals surface area (Å²) >= 11 is 5.91. The maximum atomic E-state index is 13.1. The number of rotatable bonds is 6. The van der Waals surface area contributed by atoms with E-state index in [0.29, 0.717) is 42.3 Å². The highest BCUT2D eigenvalue weighted by Crippen LogP contribution is 2.35. The van der Waals surface area contributed by atoms with Gasteiger partial charge in [-0.05, 0) is 60.7 Å². The fourth-order valence-electron chi connectivity index (χ4n) is 4.54. The third-order valence-electron chi connectivity index (χ3n) is 6.26. The van der Waals surface area contributed by atoms with Crippen LogP contribution in [-0.4, -0.2) is 50.2 Å². The van der Waals surface area contributed by atoms with Crippen LogP contribution in [0.2, 0.25) is 5.02 Å². The number of piperidine rings is 1. The number of fused-ring (bicyclic) bond motifs is 1. The summed E-state index contributed by atoms with van der Waals surface area (Å²) in [6.45, 7) is 2.89. The van der Waals surface area contributed by atoms with Gasteiger partial charge in [-0.25, -0.2) is 8.42 Å². The number of carbonyl (C=O) groups is 2. The smallest absolute Gasteiger partial charge is 0.243 e. The van der Waals surface area contributed by atoms with Crippen LogP contribution in [0.4, 0.5) is 5.69 Å². The first-order valence-corrected chi connectivity index (χ1v) is 13.0. The van der Waals surface area contributed by atoms with E-state index in [0.717, 1.165) is 24.8 Å². The zero-order valence-electron chi connectivity index (χ0n) is 18.6. The first-order chi connectivity index (χ1) is 15.8. The van der Waals surface area contributed by atoms with Crippen LogP contribution in [-0.2, 0) is 32.5 Å². The number of carbonyl (C=O) groups excluding carboxylic acids is 2. The molecule has 2 aromatic rings. The van der Waals surface area contributed by atoms with Gasteiger partial charge in [0.25, 0.3) is 0 Å². The van der Waals surface area contributed by atoms with Gasteiger partial charge in [0.1, 0.15) is 6.04 Å². The molecule has 0 aromatic heterocycles. The number of anilines is 1. The Labute approximate surface area is 199 Å². The molecular weight excluding hydrogens is 462 g/mol. The Morgan fingerprint density at radius 3 is 2.42 bits per heavy atom. The number of halogens is 1. The lowest BCUT2D eigenvalue weighted by Gasteiger charge is -2.26. The Morgan fingerprint density at radius 2 is 1.76 bits per heavy atom. The summed E-state index contributed by atoms with van der Waals surface area (Å²) in [7, 11) is -3.59. The number of sulfonamides is 1. The van der Waals surface area contributed by atoms with Crippen molar-refractivity contribution in [3.05, 3.63) is 58.6 Å². The lowest BCUT2D eigenvalue weighted by molar-refractivity contribution is -0.125. The van der Waals surface area contributed by atoms with E-state index >= 15 is 0 Å². The summed E-state index contributed by atoms with van der Waals surface area (Å²) in [5.74, 6) is -0.506. The maximum Gasteiger partial charge on any atom is 0.243 e. The molecule has 2 amide bonds. The van der Waals surface area contributed by atoms with E-state index in [9.17, 15) is 18.0 Å². The Kier molecular flexibility index (Phi) is 7.07. The van der Waals surface area contributed by atoms with Crippen LogP contribution in [0.5, 0.6) is 0 Å². The second-order valence-corrected chi connectivity index (χ2v) is 10.9. The summed E-state index contributed by atoms with van der Waals surface area (Å²) in [6, 6.07) is 11.5. The summed E-state index contributed by atoms with van der Waals surface area (Å²) in [5.41, 5.74) is 2.34. The van der Waals surface area contributed by atoms with Crippen molar-refractivity contribution in [2.24, 2.45) is 0 Å². The van der Waals surface area contributed by atoms with Gasteiger partial charge >= 0.3 is 0 Å². The fourth-order valence-corrected chi connectivity index (χ4v) is 6.23. The van der Waals surface area contributed by atoms with Crippen molar-refractivity contribution >= 4 is 39.1 Å². The first-order valence-electron chi connectivity index (χ1n) is 11.2. The monoisotopic (exact) mass is 489 g/mol. The minimum atomic E-state index is -3.59. The molecular formula is C24H28ClN3O4S. The third kappa shape index (κ3) is 5.08. The first kappa shape index (κ1) is 23.7. The molecule has 1 saturated heterocycles. The minimum absolute atomic E-state index is 0.218. The van der Waals surface area contributed by atoms with Crippen molar-refractivity contribution in [2.45, 2.75) is 50.0 Å². The van der Waals surface area contributed by atoms with Crippen molar-refractivity contribution in [2.75, 3.05) is 24.5 Å². The Morgan fingerprint density at radius 1 is 1.06 bits per heavy atom. The SMILES string of the molecule is CC(=O)N1c2ccc(S(=O)(=O)N3CCCCC3)cc2C[C@@H]1C(=O)NCCc1ccc(Cl)cc1. The van der Waals surface area contributed by atoms with E-state index in [4.69, 9.17) is 11.6 Å². The van der Waals surface area contributed by atoms with Crippen LogP contribution in [0.1, 0.15) is 37.3 Å². The molecule has 2 aliphatic heterocycles. The molecule has 1 atom stereocenters. The third-order valence-corrected chi connectivity index (χ3v) is 8.40. The predicted octanol–water partition coefficient (Wildman–Crippen LogP) is 3.15. The normalized spacial score (nSPS) is 18.7. The second-order valence-electron chi connectivity index (χ2n) is 8.53. The van der Waals surface area contributed by atoms with Crippen LogP contribution < -0.4 is 10.2 Å². The lowest BCUT2D eigenvalue weighted by Crippen LogP contribution is -2.47. The van der Waals surface area contributed by atoms with Crippen molar-refractivity contribution in [1.29, 1.82) is 0 Å². The molecule has 1 fully saturated rings. The summed E-state index contributed by atoms with van der Waals surface area (Å²) < 4.78 is 27.7. The van der Waals surface area contributed by atoms with Gasteiger partial charge in [-0.1, -0.05) is 30.2 Å². The Hall–Kier alpha value is -2.42. The molecule has 7 nitrogen and oxygen atoms in total. The zero-order valence-corrected chi connectivity index (χ0v) is 20.2. The van der Waals surface area contributed by atoms with E-state index in [1.165, 1.54) is 16.1 Å². The molecule has 4 rings (SSSR count). The van der Waals surface area contributed by atoms with Gasteiger partial charge in [0.15, 0.2) is 0 Å². The van der Waals surface area contributed by atoms with Crippen molar-refractivity contribution < 1.29 is 18.0 Å². The molecule has 2 aliphatic rings. The van der Waals surface area contributed by atoms with Gasteiger partial charge in [-0.15, -0.1) is 0 Å². The molecule has 0 radical (unpaired) electrons. The van der Waals surface area contributed by atoms with Gasteiger partial charge in [-0.2, -0.15) is 4.31 Å². The summed E-state index contributed by atoms with van der Waals surface area (Å²) in [6.07, 6.45) is 3.69. The summed E-state index contributed by atoms with van der Waals surface area (Å²) in [4.78, 5) is 27.0. The van der Waals surface area contributed by atoms with Gasteiger partial charge < -0.3 is 5.32 Å². The van der Waals surface area contributed by atoms with Crippen molar-refractivity contribution in [1.82, 2.24) is 9.62 Å². The van der Waals surface area contributed by atoms with Gasteiger partial charge in [-0.3, -0.25) is 14.5 Å². The largest absolute Gasteiger partial charge is 0.354 e.